The second-order valence-electron chi connectivity index (χ2n) is 4.99. The molecule has 0 radical (unpaired) electrons. The number of rotatable bonds is 2. The largest absolute Gasteiger partial charge is 0.369 e. The van der Waals surface area contributed by atoms with Crippen molar-refractivity contribution in [2.75, 3.05) is 24.5 Å². The third-order valence-electron chi connectivity index (χ3n) is 3.83. The van der Waals surface area contributed by atoms with Crippen LogP contribution >= 0.6 is 0 Å². The van der Waals surface area contributed by atoms with Crippen LogP contribution in [0.4, 0.5) is 10.1 Å². The van der Waals surface area contributed by atoms with Crippen LogP contribution in [0.2, 0.25) is 0 Å². The van der Waals surface area contributed by atoms with Gasteiger partial charge in [0.25, 0.3) is 0 Å². The van der Waals surface area contributed by atoms with Crippen LogP contribution < -0.4 is 10.6 Å². The van der Waals surface area contributed by atoms with Crippen LogP contribution in [0.1, 0.15) is 18.9 Å². The molecule has 0 aromatic heterocycles. The molecule has 0 bridgehead atoms. The monoisotopic (exact) mass is 247 g/mol. The maximum absolute atomic E-state index is 13.9. The molecular weight excluding hydrogens is 229 g/mol. The summed E-state index contributed by atoms with van der Waals surface area (Å²) in [5.74, 6) is 0.681. The van der Waals surface area contributed by atoms with Crippen molar-refractivity contribution in [1.82, 2.24) is 0 Å². The molecule has 4 heteroatoms. The minimum absolute atomic E-state index is 0.320. The quantitative estimate of drug-likeness (QED) is 0.871. The first-order chi connectivity index (χ1) is 8.65. The zero-order valence-electron chi connectivity index (χ0n) is 10.6. The van der Waals surface area contributed by atoms with Gasteiger partial charge in [0.1, 0.15) is 5.82 Å². The molecule has 1 aliphatic heterocycles. The molecule has 96 valence electrons. The van der Waals surface area contributed by atoms with Crippen molar-refractivity contribution < 1.29 is 4.39 Å². The molecule has 18 heavy (non-hydrogen) atoms. The van der Waals surface area contributed by atoms with Gasteiger partial charge >= 0.3 is 0 Å². The summed E-state index contributed by atoms with van der Waals surface area (Å²) in [5, 5.41) is 8.73. The molecule has 2 unspecified atom stereocenters. The van der Waals surface area contributed by atoms with Gasteiger partial charge < -0.3 is 10.6 Å². The Morgan fingerprint density at radius 1 is 1.56 bits per heavy atom. The van der Waals surface area contributed by atoms with Crippen molar-refractivity contribution in [2.24, 2.45) is 17.6 Å². The van der Waals surface area contributed by atoms with Gasteiger partial charge in [-0.25, -0.2) is 4.39 Å². The Hall–Kier alpha value is -1.60. The highest BCUT2D eigenvalue weighted by Crippen LogP contribution is 2.28. The highest BCUT2D eigenvalue weighted by molar-refractivity contribution is 5.51. The fourth-order valence-electron chi connectivity index (χ4n) is 2.51. The lowest BCUT2D eigenvalue weighted by Gasteiger charge is -2.38. The summed E-state index contributed by atoms with van der Waals surface area (Å²) < 4.78 is 13.9. The number of nitrogens with two attached hydrogens (primary N) is 1. The van der Waals surface area contributed by atoms with Crippen molar-refractivity contribution in [1.29, 1.82) is 5.26 Å². The lowest BCUT2D eigenvalue weighted by atomic mass is 9.87. The number of nitrogens with zero attached hydrogens (tertiary/aromatic N) is 2. The Bertz CT molecular complexity index is 467. The minimum Gasteiger partial charge on any atom is -0.369 e. The normalized spacial score (nSPS) is 23.8. The first-order valence-corrected chi connectivity index (χ1v) is 6.30. The molecule has 0 aliphatic carbocycles. The van der Waals surface area contributed by atoms with E-state index < -0.39 is 0 Å². The summed E-state index contributed by atoms with van der Waals surface area (Å²) in [6.45, 7) is 4.47. The minimum atomic E-state index is -0.320. The van der Waals surface area contributed by atoms with Crippen LogP contribution in [-0.4, -0.2) is 19.6 Å². The van der Waals surface area contributed by atoms with E-state index >= 15 is 0 Å². The van der Waals surface area contributed by atoms with Gasteiger partial charge in [0.15, 0.2) is 0 Å². The predicted octanol–water partition coefficient (Wildman–Crippen LogP) is 2.12. The molecule has 1 fully saturated rings. The number of benzene rings is 1. The number of nitriles is 1. The van der Waals surface area contributed by atoms with Crippen LogP contribution in [0.25, 0.3) is 0 Å². The van der Waals surface area contributed by atoms with E-state index in [0.29, 0.717) is 29.6 Å². The van der Waals surface area contributed by atoms with Gasteiger partial charge in [-0.15, -0.1) is 0 Å². The van der Waals surface area contributed by atoms with Crippen LogP contribution in [-0.2, 0) is 0 Å². The molecule has 0 spiro atoms. The van der Waals surface area contributed by atoms with Crippen molar-refractivity contribution in [2.45, 2.75) is 13.3 Å². The molecular formula is C14H18FN3. The molecule has 2 N–H and O–H groups in total. The average Bonchev–Trinajstić information content (AvgIpc) is 2.39. The molecule has 3 nitrogen and oxygen atoms in total. The molecule has 0 amide bonds. The molecule has 1 saturated heterocycles. The lowest BCUT2D eigenvalue weighted by Crippen LogP contribution is -2.43. The third kappa shape index (κ3) is 2.46. The van der Waals surface area contributed by atoms with E-state index in [9.17, 15) is 4.39 Å². The zero-order valence-corrected chi connectivity index (χ0v) is 10.6. The van der Waals surface area contributed by atoms with E-state index in [4.69, 9.17) is 11.0 Å². The number of halogens is 1. The van der Waals surface area contributed by atoms with Gasteiger partial charge in [-0.05, 0) is 43.0 Å². The smallest absolute Gasteiger partial charge is 0.147 e. The Morgan fingerprint density at radius 2 is 2.33 bits per heavy atom. The summed E-state index contributed by atoms with van der Waals surface area (Å²) in [7, 11) is 0. The van der Waals surface area contributed by atoms with Gasteiger partial charge in [0, 0.05) is 13.1 Å². The standard InChI is InChI=1S/C14H18FN3/c1-10-4-5-18(9-12(10)8-17)14-3-2-11(7-16)6-13(14)15/h2-3,6,10,12H,4-5,8-9,17H2,1H3. The van der Waals surface area contributed by atoms with E-state index in [2.05, 4.69) is 6.92 Å². The van der Waals surface area contributed by atoms with Gasteiger partial charge in [0.05, 0.1) is 17.3 Å². The van der Waals surface area contributed by atoms with Crippen molar-refractivity contribution in [3.63, 3.8) is 0 Å². The molecule has 1 aliphatic rings. The van der Waals surface area contributed by atoms with Gasteiger partial charge in [-0.2, -0.15) is 5.26 Å². The van der Waals surface area contributed by atoms with Crippen LogP contribution in [0.3, 0.4) is 0 Å². The fraction of sp³-hybridized carbons (Fsp3) is 0.500. The Labute approximate surface area is 107 Å². The van der Waals surface area contributed by atoms with E-state index in [1.54, 1.807) is 12.1 Å². The predicted molar refractivity (Wildman–Crippen MR) is 69.7 cm³/mol. The zero-order chi connectivity index (χ0) is 13.1. The maximum Gasteiger partial charge on any atom is 0.147 e. The molecule has 0 saturated carbocycles. The van der Waals surface area contributed by atoms with Crippen molar-refractivity contribution >= 4 is 5.69 Å². The first kappa shape index (κ1) is 12.8. The SMILES string of the molecule is CC1CCN(c2ccc(C#N)cc2F)CC1CN. The molecule has 1 aromatic rings. The molecule has 1 aromatic carbocycles. The highest BCUT2D eigenvalue weighted by atomic mass is 19.1. The summed E-state index contributed by atoms with van der Waals surface area (Å²) in [4.78, 5) is 2.04. The summed E-state index contributed by atoms with van der Waals surface area (Å²) in [6, 6.07) is 6.60. The number of hydrogen-bond acceptors (Lipinski definition) is 3. The van der Waals surface area contributed by atoms with E-state index in [1.165, 1.54) is 6.07 Å². The second kappa shape index (κ2) is 5.36. The van der Waals surface area contributed by atoms with Gasteiger partial charge in [-0.3, -0.25) is 0 Å². The Morgan fingerprint density at radius 3 is 2.94 bits per heavy atom. The Balaban J connectivity index is 2.20. The highest BCUT2D eigenvalue weighted by Gasteiger charge is 2.26. The summed E-state index contributed by atoms with van der Waals surface area (Å²) in [5.41, 5.74) is 6.70. The number of anilines is 1. The topological polar surface area (TPSA) is 53.0 Å². The van der Waals surface area contributed by atoms with Crippen LogP contribution in [0.5, 0.6) is 0 Å². The average molecular weight is 247 g/mol. The maximum atomic E-state index is 13.9. The van der Waals surface area contributed by atoms with E-state index in [-0.39, 0.29) is 5.82 Å². The van der Waals surface area contributed by atoms with Crippen LogP contribution in [0.15, 0.2) is 18.2 Å². The lowest BCUT2D eigenvalue weighted by molar-refractivity contribution is 0.306. The van der Waals surface area contributed by atoms with Gasteiger partial charge in [-0.1, -0.05) is 6.92 Å². The Kier molecular flexibility index (Phi) is 3.83. The first-order valence-electron chi connectivity index (χ1n) is 6.30. The van der Waals surface area contributed by atoms with Crippen LogP contribution in [0, 0.1) is 29.0 Å². The summed E-state index contributed by atoms with van der Waals surface area (Å²) >= 11 is 0. The van der Waals surface area contributed by atoms with E-state index in [1.807, 2.05) is 11.0 Å². The van der Waals surface area contributed by atoms with Crippen molar-refractivity contribution in [3.05, 3.63) is 29.6 Å². The summed E-state index contributed by atoms with van der Waals surface area (Å²) in [6.07, 6.45) is 1.03. The number of hydrogen-bond donors (Lipinski definition) is 1. The molecule has 2 atom stereocenters. The third-order valence-corrected chi connectivity index (χ3v) is 3.83. The number of piperidine rings is 1. The second-order valence-corrected chi connectivity index (χ2v) is 4.99. The van der Waals surface area contributed by atoms with Crippen molar-refractivity contribution in [3.8, 4) is 6.07 Å². The van der Waals surface area contributed by atoms with E-state index in [0.717, 1.165) is 19.5 Å². The molecule has 2 rings (SSSR count). The van der Waals surface area contributed by atoms with Gasteiger partial charge in [0.2, 0.25) is 0 Å². The fourth-order valence-corrected chi connectivity index (χ4v) is 2.51. The molecule has 1 heterocycles.